The third-order valence-corrected chi connectivity index (χ3v) is 5.10. The Morgan fingerprint density at radius 2 is 1.96 bits per heavy atom. The second-order valence-electron chi connectivity index (χ2n) is 5.82. The van der Waals surface area contributed by atoms with Crippen LogP contribution in [0.25, 0.3) is 0 Å². The van der Waals surface area contributed by atoms with Gasteiger partial charge >= 0.3 is 0 Å². The smallest absolute Gasteiger partial charge is 0.282 e. The lowest BCUT2D eigenvalue weighted by Crippen LogP contribution is -2.21. The maximum Gasteiger partial charge on any atom is 0.282 e. The summed E-state index contributed by atoms with van der Waals surface area (Å²) in [5.74, 6) is -0.327. The van der Waals surface area contributed by atoms with Crippen LogP contribution in [-0.4, -0.2) is 20.6 Å². The van der Waals surface area contributed by atoms with Gasteiger partial charge in [0.15, 0.2) is 0 Å². The molecule has 138 valence electrons. The van der Waals surface area contributed by atoms with E-state index in [0.29, 0.717) is 20.3 Å². The van der Waals surface area contributed by atoms with Crippen molar-refractivity contribution in [1.29, 1.82) is 0 Å². The molecule has 0 aliphatic heterocycles. The first-order valence-corrected chi connectivity index (χ1v) is 9.14. The van der Waals surface area contributed by atoms with Gasteiger partial charge in [0.25, 0.3) is 12.1 Å². The highest BCUT2D eigenvalue weighted by Gasteiger charge is 2.30. The molecule has 1 aliphatic rings. The Morgan fingerprint density at radius 3 is 2.46 bits per heavy atom. The number of amides is 1. The number of alkyl halides is 2. The maximum atomic E-state index is 12.9. The molecule has 0 saturated heterocycles. The van der Waals surface area contributed by atoms with Crippen molar-refractivity contribution in [3.63, 3.8) is 0 Å². The van der Waals surface area contributed by atoms with Crippen LogP contribution in [0.2, 0.25) is 0 Å². The van der Waals surface area contributed by atoms with Crippen LogP contribution in [0.3, 0.4) is 0 Å². The number of anilines is 1. The van der Waals surface area contributed by atoms with Gasteiger partial charge in [0.1, 0.15) is 12.2 Å². The molecular formula is C15H12Br2F2N4O3. The van der Waals surface area contributed by atoms with E-state index in [1.807, 2.05) is 0 Å². The van der Waals surface area contributed by atoms with Crippen LogP contribution in [0.4, 0.5) is 20.2 Å². The minimum absolute atomic E-state index is 0.147. The van der Waals surface area contributed by atoms with Gasteiger partial charge in [-0.1, -0.05) is 0 Å². The summed E-state index contributed by atoms with van der Waals surface area (Å²) in [6.45, 7) is -0.228. The zero-order valence-corrected chi connectivity index (χ0v) is 16.3. The normalized spacial score (nSPS) is 13.9. The lowest BCUT2D eigenvalue weighted by Gasteiger charge is -2.11. The number of benzene rings is 1. The Labute approximate surface area is 163 Å². The van der Waals surface area contributed by atoms with E-state index in [1.54, 1.807) is 0 Å². The van der Waals surface area contributed by atoms with Gasteiger partial charge in [0.2, 0.25) is 5.91 Å². The molecule has 0 unspecified atom stereocenters. The summed E-state index contributed by atoms with van der Waals surface area (Å²) in [6.07, 6.45) is -0.931. The number of nitrogens with one attached hydrogen (secondary N) is 1. The Balaban J connectivity index is 1.79. The zero-order chi connectivity index (χ0) is 19.0. The lowest BCUT2D eigenvalue weighted by atomic mass is 10.2. The number of nitro benzene ring substituents is 1. The van der Waals surface area contributed by atoms with Crippen molar-refractivity contribution in [1.82, 2.24) is 9.78 Å². The number of carbonyl (C=O) groups excluding carboxylic acids is 1. The molecule has 1 saturated carbocycles. The van der Waals surface area contributed by atoms with E-state index in [9.17, 15) is 23.7 Å². The number of hydrogen-bond acceptors (Lipinski definition) is 4. The van der Waals surface area contributed by atoms with Crippen molar-refractivity contribution < 1.29 is 18.5 Å². The van der Waals surface area contributed by atoms with E-state index in [4.69, 9.17) is 0 Å². The minimum Gasteiger partial charge on any atom is -0.323 e. The molecule has 3 rings (SSSR count). The Hall–Kier alpha value is -1.88. The molecule has 1 amide bonds. The van der Waals surface area contributed by atoms with Crippen LogP contribution >= 0.6 is 31.9 Å². The number of carbonyl (C=O) groups is 1. The topological polar surface area (TPSA) is 90.1 Å². The van der Waals surface area contributed by atoms with Crippen molar-refractivity contribution in [3.05, 3.63) is 48.6 Å². The predicted octanol–water partition coefficient (Wildman–Crippen LogP) is 4.77. The molecule has 1 aromatic carbocycles. The van der Waals surface area contributed by atoms with E-state index in [-0.39, 0.29) is 23.8 Å². The van der Waals surface area contributed by atoms with Crippen LogP contribution in [0.5, 0.6) is 0 Å². The molecule has 2 aromatic rings. The Kier molecular flexibility index (Phi) is 5.37. The SMILES string of the molecule is O=C(Cn1nc(C(F)F)cc1C1CC1)Nc1c(Br)cc([N+](=O)[O-])cc1Br. The highest BCUT2D eigenvalue weighted by Crippen LogP contribution is 2.41. The van der Waals surface area contributed by atoms with E-state index < -0.39 is 17.3 Å². The number of rotatable bonds is 6. The van der Waals surface area contributed by atoms with Crippen molar-refractivity contribution in [3.8, 4) is 0 Å². The number of halogens is 4. The fourth-order valence-electron chi connectivity index (χ4n) is 2.49. The van der Waals surface area contributed by atoms with Crippen molar-refractivity contribution in [2.24, 2.45) is 0 Å². The lowest BCUT2D eigenvalue weighted by molar-refractivity contribution is -0.385. The average molecular weight is 494 g/mol. The number of hydrogen-bond donors (Lipinski definition) is 1. The van der Waals surface area contributed by atoms with Crippen LogP contribution in [0.1, 0.15) is 36.6 Å². The molecule has 1 fully saturated rings. The standard InChI is InChI=1S/C15H12Br2F2N4O3/c16-9-3-8(23(25)26)4-10(17)14(9)20-13(24)6-22-12(7-1-2-7)5-11(21-22)15(18)19/h3-5,7,15H,1-2,6H2,(H,20,24). The van der Waals surface area contributed by atoms with Gasteiger partial charge in [-0.25, -0.2) is 8.78 Å². The Morgan fingerprint density at radius 1 is 1.35 bits per heavy atom. The third-order valence-electron chi connectivity index (χ3n) is 3.84. The number of nitro groups is 1. The minimum atomic E-state index is -2.70. The summed E-state index contributed by atoms with van der Waals surface area (Å²) >= 11 is 6.36. The zero-order valence-electron chi connectivity index (χ0n) is 13.1. The first kappa shape index (κ1) is 18.9. The molecule has 0 radical (unpaired) electrons. The molecular weight excluding hydrogens is 482 g/mol. The summed E-state index contributed by atoms with van der Waals surface area (Å²) in [5.41, 5.74) is 0.441. The van der Waals surface area contributed by atoms with Gasteiger partial charge in [0, 0.05) is 32.7 Å². The van der Waals surface area contributed by atoms with Crippen molar-refractivity contribution in [2.75, 3.05) is 5.32 Å². The molecule has 7 nitrogen and oxygen atoms in total. The van der Waals surface area contributed by atoms with Gasteiger partial charge in [-0.15, -0.1) is 0 Å². The van der Waals surface area contributed by atoms with E-state index in [2.05, 4.69) is 42.3 Å². The number of nitrogens with zero attached hydrogens (tertiary/aromatic N) is 3. The van der Waals surface area contributed by atoms with E-state index >= 15 is 0 Å². The van der Waals surface area contributed by atoms with Crippen LogP contribution in [0.15, 0.2) is 27.1 Å². The fourth-order valence-corrected chi connectivity index (χ4v) is 3.85. The first-order valence-electron chi connectivity index (χ1n) is 7.55. The highest BCUT2D eigenvalue weighted by molar-refractivity contribution is 9.11. The molecule has 1 heterocycles. The van der Waals surface area contributed by atoms with Gasteiger partial charge in [-0.2, -0.15) is 5.10 Å². The number of aromatic nitrogens is 2. The summed E-state index contributed by atoms with van der Waals surface area (Å²) in [5, 5.41) is 17.3. The molecule has 0 bridgehead atoms. The van der Waals surface area contributed by atoms with Gasteiger partial charge in [-0.05, 0) is 50.8 Å². The van der Waals surface area contributed by atoms with Gasteiger partial charge in [-0.3, -0.25) is 19.6 Å². The quantitative estimate of drug-likeness (QED) is 0.463. The molecule has 0 atom stereocenters. The van der Waals surface area contributed by atoms with Crippen molar-refractivity contribution in [2.45, 2.75) is 31.7 Å². The monoisotopic (exact) mass is 492 g/mol. The largest absolute Gasteiger partial charge is 0.323 e. The van der Waals surface area contributed by atoms with Crippen molar-refractivity contribution >= 4 is 49.1 Å². The predicted molar refractivity (Wildman–Crippen MR) is 96.3 cm³/mol. The highest BCUT2D eigenvalue weighted by atomic mass is 79.9. The fraction of sp³-hybridized carbons (Fsp3) is 0.333. The average Bonchev–Trinajstić information content (AvgIpc) is 3.31. The van der Waals surface area contributed by atoms with E-state index in [1.165, 1.54) is 22.9 Å². The van der Waals surface area contributed by atoms with Gasteiger partial charge in [0.05, 0.1) is 10.6 Å². The molecule has 26 heavy (non-hydrogen) atoms. The molecule has 1 N–H and O–H groups in total. The van der Waals surface area contributed by atoms with Crippen LogP contribution in [0, 0.1) is 10.1 Å². The Bertz CT molecular complexity index is 861. The molecule has 11 heteroatoms. The van der Waals surface area contributed by atoms with Crippen LogP contribution in [-0.2, 0) is 11.3 Å². The molecule has 0 spiro atoms. The first-order chi connectivity index (χ1) is 12.3. The van der Waals surface area contributed by atoms with Crippen LogP contribution < -0.4 is 5.32 Å². The van der Waals surface area contributed by atoms with E-state index in [0.717, 1.165) is 12.8 Å². The maximum absolute atomic E-state index is 12.9. The second kappa shape index (κ2) is 7.39. The summed E-state index contributed by atoms with van der Waals surface area (Å²) in [7, 11) is 0. The molecule has 1 aliphatic carbocycles. The summed E-state index contributed by atoms with van der Waals surface area (Å²) < 4.78 is 27.7. The third kappa shape index (κ3) is 4.09. The number of non-ortho nitro benzene ring substituents is 1. The summed E-state index contributed by atoms with van der Waals surface area (Å²) in [4.78, 5) is 22.6. The van der Waals surface area contributed by atoms with Gasteiger partial charge < -0.3 is 5.32 Å². The summed E-state index contributed by atoms with van der Waals surface area (Å²) in [6, 6.07) is 3.87. The molecule has 1 aromatic heterocycles. The second-order valence-corrected chi connectivity index (χ2v) is 7.53.